The maximum absolute atomic E-state index is 13.2. The summed E-state index contributed by atoms with van der Waals surface area (Å²) in [5.41, 5.74) is -3.32. The third-order valence-electron chi connectivity index (χ3n) is 5.61. The Hall–Kier alpha value is -3.76. The van der Waals surface area contributed by atoms with Crippen molar-refractivity contribution >= 4 is 22.8 Å². The highest BCUT2D eigenvalue weighted by Gasteiger charge is 2.38. The maximum Gasteiger partial charge on any atom is 0.435 e. The van der Waals surface area contributed by atoms with Crippen LogP contribution in [0.1, 0.15) is 17.7 Å². The summed E-state index contributed by atoms with van der Waals surface area (Å²) in [6.45, 7) is 0.991. The van der Waals surface area contributed by atoms with Crippen LogP contribution in [0.2, 0.25) is 0 Å². The van der Waals surface area contributed by atoms with Crippen molar-refractivity contribution < 1.29 is 35.9 Å². The molecule has 0 radical (unpaired) electrons. The molecule has 0 aromatic carbocycles. The van der Waals surface area contributed by atoms with Crippen LogP contribution in [0.25, 0.3) is 10.9 Å². The minimum atomic E-state index is -4.82. The topological polar surface area (TPSA) is 122 Å². The Morgan fingerprint density at radius 3 is 2.30 bits per heavy atom. The Bertz CT molecular complexity index is 1300. The van der Waals surface area contributed by atoms with Gasteiger partial charge in [-0.25, -0.2) is 15.1 Å². The first-order chi connectivity index (χ1) is 17.4. The van der Waals surface area contributed by atoms with Crippen molar-refractivity contribution in [2.75, 3.05) is 44.3 Å². The van der Waals surface area contributed by atoms with Gasteiger partial charge in [-0.2, -0.15) is 36.5 Å². The van der Waals surface area contributed by atoms with Crippen LogP contribution in [-0.4, -0.2) is 80.1 Å². The second-order valence-electron chi connectivity index (χ2n) is 8.07. The molecule has 200 valence electrons. The molecule has 1 saturated heterocycles. The van der Waals surface area contributed by atoms with Gasteiger partial charge in [0.1, 0.15) is 12.0 Å². The third-order valence-corrected chi connectivity index (χ3v) is 5.61. The van der Waals surface area contributed by atoms with Gasteiger partial charge in [0.25, 0.3) is 5.56 Å². The Kier molecular flexibility index (Phi) is 7.33. The van der Waals surface area contributed by atoms with Gasteiger partial charge in [0, 0.05) is 51.7 Å². The molecule has 0 spiro atoms. The third kappa shape index (κ3) is 5.98. The zero-order valence-electron chi connectivity index (χ0n) is 19.0. The SMILES string of the molecule is O=C(COCCCn1nc(C(F)(F)F)c2c(=O)[nH]ncc21)N1CCN(c2ncc(C(F)(F)F)cn2)CC1. The molecule has 4 heterocycles. The lowest BCUT2D eigenvalue weighted by Crippen LogP contribution is -2.50. The maximum atomic E-state index is 13.2. The molecule has 0 unspecified atom stereocenters. The fourth-order valence-electron chi connectivity index (χ4n) is 3.76. The number of anilines is 1. The molecule has 4 rings (SSSR count). The Balaban J connectivity index is 1.23. The number of aryl methyl sites for hydroxylation is 1. The van der Waals surface area contributed by atoms with Gasteiger partial charge >= 0.3 is 12.4 Å². The number of fused-ring (bicyclic) bond motifs is 1. The Morgan fingerprint density at radius 2 is 1.68 bits per heavy atom. The summed E-state index contributed by atoms with van der Waals surface area (Å²) < 4.78 is 84.0. The molecule has 1 aliphatic rings. The van der Waals surface area contributed by atoms with Gasteiger partial charge in [0.15, 0.2) is 5.69 Å². The minimum absolute atomic E-state index is 0.00228. The largest absolute Gasteiger partial charge is 0.435 e. The second-order valence-corrected chi connectivity index (χ2v) is 8.07. The van der Waals surface area contributed by atoms with E-state index in [1.165, 1.54) is 4.90 Å². The molecule has 17 heteroatoms. The van der Waals surface area contributed by atoms with E-state index in [0.717, 1.165) is 10.9 Å². The van der Waals surface area contributed by atoms with Crippen LogP contribution < -0.4 is 10.5 Å². The van der Waals surface area contributed by atoms with E-state index in [-0.39, 0.29) is 56.6 Å². The van der Waals surface area contributed by atoms with E-state index in [1.807, 2.05) is 5.10 Å². The van der Waals surface area contributed by atoms with Crippen molar-refractivity contribution in [1.29, 1.82) is 0 Å². The molecule has 1 aliphatic heterocycles. The summed E-state index contributed by atoms with van der Waals surface area (Å²) in [7, 11) is 0. The molecule has 0 bridgehead atoms. The summed E-state index contributed by atoms with van der Waals surface area (Å²) in [5.74, 6) is -0.180. The van der Waals surface area contributed by atoms with Crippen molar-refractivity contribution in [3.05, 3.63) is 40.2 Å². The minimum Gasteiger partial charge on any atom is -0.372 e. The molecule has 3 aromatic rings. The fourth-order valence-corrected chi connectivity index (χ4v) is 3.76. The number of rotatable bonds is 7. The van der Waals surface area contributed by atoms with Crippen molar-refractivity contribution in [2.45, 2.75) is 25.3 Å². The van der Waals surface area contributed by atoms with Gasteiger partial charge < -0.3 is 14.5 Å². The summed E-state index contributed by atoms with van der Waals surface area (Å²) in [5, 5.41) is 8.39. The van der Waals surface area contributed by atoms with Crippen LogP contribution in [-0.2, 0) is 28.4 Å². The highest BCUT2D eigenvalue weighted by molar-refractivity contribution is 5.80. The van der Waals surface area contributed by atoms with Crippen LogP contribution in [0.4, 0.5) is 32.3 Å². The first kappa shape index (κ1) is 26.3. The molecule has 0 atom stereocenters. The van der Waals surface area contributed by atoms with Crippen LogP contribution in [0, 0.1) is 0 Å². The number of hydrogen-bond donors (Lipinski definition) is 1. The molecule has 3 aromatic heterocycles. The Labute approximate surface area is 204 Å². The number of ether oxygens (including phenoxy) is 1. The van der Waals surface area contributed by atoms with E-state index in [2.05, 4.69) is 20.2 Å². The number of aromatic nitrogens is 6. The lowest BCUT2D eigenvalue weighted by atomic mass is 10.2. The number of H-pyrrole nitrogens is 1. The number of nitrogens with one attached hydrogen (secondary N) is 1. The molecular formula is C20H20F6N8O3. The fraction of sp³-hybridized carbons (Fsp3) is 0.500. The number of nitrogens with zero attached hydrogens (tertiary/aromatic N) is 7. The number of aromatic amines is 1. The smallest absolute Gasteiger partial charge is 0.372 e. The number of hydrogen-bond acceptors (Lipinski definition) is 8. The van der Waals surface area contributed by atoms with E-state index < -0.39 is 34.6 Å². The summed E-state index contributed by atoms with van der Waals surface area (Å²) >= 11 is 0. The first-order valence-corrected chi connectivity index (χ1v) is 11.0. The summed E-state index contributed by atoms with van der Waals surface area (Å²) in [6, 6.07) is 0. The van der Waals surface area contributed by atoms with Gasteiger partial charge in [-0.3, -0.25) is 14.3 Å². The van der Waals surface area contributed by atoms with Crippen molar-refractivity contribution in [3.63, 3.8) is 0 Å². The number of halogens is 6. The zero-order chi connectivity index (χ0) is 26.8. The average Bonchev–Trinajstić information content (AvgIpc) is 3.24. The lowest BCUT2D eigenvalue weighted by Gasteiger charge is -2.34. The number of piperazine rings is 1. The van der Waals surface area contributed by atoms with Crippen LogP contribution in [0.5, 0.6) is 0 Å². The van der Waals surface area contributed by atoms with E-state index in [1.54, 1.807) is 4.90 Å². The molecule has 11 nitrogen and oxygen atoms in total. The normalized spacial score (nSPS) is 15.0. The highest BCUT2D eigenvalue weighted by Crippen LogP contribution is 2.32. The van der Waals surface area contributed by atoms with Gasteiger partial charge in [0.2, 0.25) is 11.9 Å². The molecule has 37 heavy (non-hydrogen) atoms. The quantitative estimate of drug-likeness (QED) is 0.359. The van der Waals surface area contributed by atoms with Crippen molar-refractivity contribution in [2.24, 2.45) is 0 Å². The number of amides is 1. The van der Waals surface area contributed by atoms with Gasteiger partial charge in [-0.1, -0.05) is 0 Å². The van der Waals surface area contributed by atoms with E-state index in [4.69, 9.17) is 4.74 Å². The molecule has 0 saturated carbocycles. The average molecular weight is 534 g/mol. The van der Waals surface area contributed by atoms with Gasteiger partial charge in [-0.15, -0.1) is 0 Å². The molecule has 0 aliphatic carbocycles. The molecule has 1 N–H and O–H groups in total. The number of carbonyl (C=O) groups is 1. The van der Waals surface area contributed by atoms with E-state index >= 15 is 0 Å². The first-order valence-electron chi connectivity index (χ1n) is 11.0. The van der Waals surface area contributed by atoms with Crippen molar-refractivity contribution in [3.8, 4) is 0 Å². The molecular weight excluding hydrogens is 514 g/mol. The lowest BCUT2D eigenvalue weighted by molar-refractivity contribution is -0.140. The second kappa shape index (κ2) is 10.3. The predicted octanol–water partition coefficient (Wildman–Crippen LogP) is 1.70. The van der Waals surface area contributed by atoms with E-state index in [9.17, 15) is 35.9 Å². The highest BCUT2D eigenvalue weighted by atomic mass is 19.4. The number of carbonyl (C=O) groups excluding carboxylic acids is 1. The van der Waals surface area contributed by atoms with Crippen LogP contribution in [0.3, 0.4) is 0 Å². The van der Waals surface area contributed by atoms with E-state index in [0.29, 0.717) is 25.5 Å². The molecule has 1 amide bonds. The van der Waals surface area contributed by atoms with Gasteiger partial charge in [-0.05, 0) is 6.42 Å². The van der Waals surface area contributed by atoms with Crippen LogP contribution >= 0.6 is 0 Å². The standard InChI is InChI=1S/C20H20F6N8O3/c21-19(22,23)12-8-27-18(28-9-12)33-5-3-32(4-6-33)14(35)11-37-7-1-2-34-13-10-29-30-17(36)15(13)16(31-34)20(24,25)26/h8-10H,1-7,11H2,(H,30,36). The molecule has 1 fully saturated rings. The Morgan fingerprint density at radius 1 is 1.00 bits per heavy atom. The summed E-state index contributed by atoms with van der Waals surface area (Å²) in [6.07, 6.45) is -6.63. The van der Waals surface area contributed by atoms with Crippen LogP contribution in [0.15, 0.2) is 23.4 Å². The number of alkyl halides is 6. The van der Waals surface area contributed by atoms with Gasteiger partial charge in [0.05, 0.1) is 17.3 Å². The predicted molar refractivity (Wildman–Crippen MR) is 114 cm³/mol. The monoisotopic (exact) mass is 534 g/mol. The zero-order valence-corrected chi connectivity index (χ0v) is 19.0. The summed E-state index contributed by atoms with van der Waals surface area (Å²) in [4.78, 5) is 34.9. The van der Waals surface area contributed by atoms with Crippen molar-refractivity contribution in [1.82, 2.24) is 34.8 Å².